The van der Waals surface area contributed by atoms with Crippen LogP contribution < -0.4 is 10.6 Å². The number of rotatable bonds is 3. The van der Waals surface area contributed by atoms with Gasteiger partial charge < -0.3 is 10.6 Å². The van der Waals surface area contributed by atoms with Crippen LogP contribution in [0.1, 0.15) is 34.6 Å². The van der Waals surface area contributed by atoms with Crippen molar-refractivity contribution in [1.82, 2.24) is 20.7 Å². The van der Waals surface area contributed by atoms with Gasteiger partial charge in [-0.05, 0) is 24.1 Å². The van der Waals surface area contributed by atoms with E-state index in [1.54, 1.807) is 0 Å². The van der Waals surface area contributed by atoms with Crippen LogP contribution in [-0.2, 0) is 11.2 Å². The lowest BCUT2D eigenvalue weighted by atomic mass is 10.0. The summed E-state index contributed by atoms with van der Waals surface area (Å²) < 4.78 is 0. The predicted octanol–water partition coefficient (Wildman–Crippen LogP) is 0.790. The maximum Gasteiger partial charge on any atom is 0.273 e. The number of amides is 2. The molecule has 1 atom stereocenters. The van der Waals surface area contributed by atoms with Crippen LogP contribution in [-0.4, -0.2) is 27.2 Å². The molecule has 20 heavy (non-hydrogen) atoms. The van der Waals surface area contributed by atoms with Gasteiger partial charge in [-0.15, -0.1) is 0 Å². The van der Waals surface area contributed by atoms with Gasteiger partial charge in [-0.1, -0.05) is 12.1 Å². The molecule has 1 aliphatic heterocycles. The second kappa shape index (κ2) is 4.76. The van der Waals surface area contributed by atoms with Gasteiger partial charge in [0.25, 0.3) is 5.91 Å². The molecule has 3 rings (SSSR count). The van der Waals surface area contributed by atoms with E-state index in [-0.39, 0.29) is 23.6 Å². The molecule has 3 N–H and O–H groups in total. The van der Waals surface area contributed by atoms with Crippen molar-refractivity contribution in [2.24, 2.45) is 0 Å². The number of H-pyrrole nitrogens is 1. The molecule has 0 saturated carbocycles. The second-order valence-electron chi connectivity index (χ2n) is 4.69. The highest BCUT2D eigenvalue weighted by atomic mass is 16.2. The molecule has 1 aromatic carbocycles. The molecule has 1 aromatic heterocycles. The number of carbonyl (C=O) groups is 2. The number of hydrogen-bond acceptors (Lipinski definition) is 4. The van der Waals surface area contributed by atoms with E-state index in [1.807, 2.05) is 25.1 Å². The lowest BCUT2D eigenvalue weighted by Gasteiger charge is -2.14. The molecule has 102 valence electrons. The fourth-order valence-electron chi connectivity index (χ4n) is 2.18. The summed E-state index contributed by atoms with van der Waals surface area (Å²) >= 11 is 0. The molecule has 0 spiro atoms. The average Bonchev–Trinajstić information content (AvgIpc) is 3.05. The van der Waals surface area contributed by atoms with Crippen molar-refractivity contribution in [2.75, 3.05) is 5.32 Å². The Morgan fingerprint density at radius 1 is 1.45 bits per heavy atom. The number of hydrogen-bond donors (Lipinski definition) is 3. The van der Waals surface area contributed by atoms with E-state index in [9.17, 15) is 9.59 Å². The molecule has 0 saturated heterocycles. The minimum Gasteiger partial charge on any atom is -0.344 e. The molecule has 2 heterocycles. The van der Waals surface area contributed by atoms with Crippen molar-refractivity contribution in [3.63, 3.8) is 0 Å². The Morgan fingerprint density at radius 2 is 2.30 bits per heavy atom. The third kappa shape index (κ3) is 2.25. The Hall–Kier alpha value is -2.70. The number of fused-ring (bicyclic) bond motifs is 1. The normalized spacial score (nSPS) is 14.6. The molecule has 2 aromatic rings. The first-order valence-corrected chi connectivity index (χ1v) is 6.23. The zero-order valence-electron chi connectivity index (χ0n) is 10.8. The second-order valence-corrected chi connectivity index (χ2v) is 4.69. The van der Waals surface area contributed by atoms with Gasteiger partial charge in [-0.3, -0.25) is 9.59 Å². The van der Waals surface area contributed by atoms with E-state index >= 15 is 0 Å². The maximum absolute atomic E-state index is 11.9. The molecule has 7 nitrogen and oxygen atoms in total. The van der Waals surface area contributed by atoms with E-state index in [0.29, 0.717) is 6.42 Å². The smallest absolute Gasteiger partial charge is 0.273 e. The molecular weight excluding hydrogens is 258 g/mol. The summed E-state index contributed by atoms with van der Waals surface area (Å²) in [6, 6.07) is 5.49. The van der Waals surface area contributed by atoms with Gasteiger partial charge in [-0.25, -0.2) is 0 Å². The Morgan fingerprint density at radius 3 is 3.05 bits per heavy atom. The van der Waals surface area contributed by atoms with Crippen molar-refractivity contribution in [2.45, 2.75) is 19.4 Å². The number of nitrogens with one attached hydrogen (secondary N) is 3. The summed E-state index contributed by atoms with van der Waals surface area (Å²) in [5.74, 6) is -0.294. The average molecular weight is 271 g/mol. The van der Waals surface area contributed by atoms with Gasteiger partial charge in [0.2, 0.25) is 5.91 Å². The number of benzene rings is 1. The van der Waals surface area contributed by atoms with Crippen LogP contribution in [0, 0.1) is 0 Å². The molecule has 7 heteroatoms. The van der Waals surface area contributed by atoms with Crippen LogP contribution in [0.5, 0.6) is 0 Å². The molecule has 0 bridgehead atoms. The third-order valence-corrected chi connectivity index (χ3v) is 3.25. The number of carbonyl (C=O) groups excluding carboxylic acids is 2. The van der Waals surface area contributed by atoms with E-state index in [0.717, 1.165) is 16.8 Å². The molecule has 0 unspecified atom stereocenters. The van der Waals surface area contributed by atoms with Gasteiger partial charge >= 0.3 is 0 Å². The number of aromatic amines is 1. The molecule has 2 amide bonds. The Balaban J connectivity index is 1.75. The Labute approximate surface area is 114 Å². The molecular formula is C13H13N5O2. The van der Waals surface area contributed by atoms with Crippen molar-refractivity contribution in [3.05, 3.63) is 41.2 Å². The SMILES string of the molecule is C[C@@H](NC(=O)c1cn[nH]n1)c1ccc2c(c1)CC(=O)N2. The summed E-state index contributed by atoms with van der Waals surface area (Å²) in [5, 5.41) is 15.3. The van der Waals surface area contributed by atoms with E-state index in [2.05, 4.69) is 26.0 Å². The first kappa shape index (κ1) is 12.3. The molecule has 0 aliphatic carbocycles. The summed E-state index contributed by atoms with van der Waals surface area (Å²) in [7, 11) is 0. The van der Waals surface area contributed by atoms with E-state index in [4.69, 9.17) is 0 Å². The highest BCUT2D eigenvalue weighted by molar-refractivity contribution is 5.99. The van der Waals surface area contributed by atoms with Crippen molar-refractivity contribution < 1.29 is 9.59 Å². The first-order valence-electron chi connectivity index (χ1n) is 6.23. The number of anilines is 1. The van der Waals surface area contributed by atoms with Gasteiger partial charge in [0.1, 0.15) is 0 Å². The minimum absolute atomic E-state index is 0.00330. The lowest BCUT2D eigenvalue weighted by Crippen LogP contribution is -2.27. The fourth-order valence-corrected chi connectivity index (χ4v) is 2.18. The summed E-state index contributed by atoms with van der Waals surface area (Å²) in [6.07, 6.45) is 1.75. The Bertz CT molecular complexity index is 665. The van der Waals surface area contributed by atoms with Crippen LogP contribution in [0.4, 0.5) is 5.69 Å². The quantitative estimate of drug-likeness (QED) is 0.768. The van der Waals surface area contributed by atoms with Crippen LogP contribution in [0.2, 0.25) is 0 Å². The maximum atomic E-state index is 11.9. The standard InChI is InChI=1S/C13H13N5O2/c1-7(15-13(20)11-6-14-18-17-11)8-2-3-10-9(4-8)5-12(19)16-10/h2-4,6-7H,5H2,1H3,(H,15,20)(H,16,19)(H,14,17,18)/t7-/m1/s1. The molecule has 1 aliphatic rings. The van der Waals surface area contributed by atoms with Gasteiger partial charge in [-0.2, -0.15) is 15.4 Å². The zero-order chi connectivity index (χ0) is 14.1. The fraction of sp³-hybridized carbons (Fsp3) is 0.231. The van der Waals surface area contributed by atoms with Crippen molar-refractivity contribution >= 4 is 17.5 Å². The summed E-state index contributed by atoms with van der Waals surface area (Å²) in [4.78, 5) is 23.2. The van der Waals surface area contributed by atoms with Crippen molar-refractivity contribution in [1.29, 1.82) is 0 Å². The molecule has 0 radical (unpaired) electrons. The monoisotopic (exact) mass is 271 g/mol. The van der Waals surface area contributed by atoms with Gasteiger partial charge in [0.05, 0.1) is 18.7 Å². The largest absolute Gasteiger partial charge is 0.344 e. The van der Waals surface area contributed by atoms with Gasteiger partial charge in [0.15, 0.2) is 5.69 Å². The third-order valence-electron chi connectivity index (χ3n) is 3.25. The van der Waals surface area contributed by atoms with Crippen molar-refractivity contribution in [3.8, 4) is 0 Å². The van der Waals surface area contributed by atoms with Gasteiger partial charge in [0, 0.05) is 5.69 Å². The number of aromatic nitrogens is 3. The van der Waals surface area contributed by atoms with E-state index < -0.39 is 0 Å². The van der Waals surface area contributed by atoms with Crippen LogP contribution in [0.3, 0.4) is 0 Å². The minimum atomic E-state index is -0.291. The molecule has 0 fully saturated rings. The predicted molar refractivity (Wildman–Crippen MR) is 71.0 cm³/mol. The highest BCUT2D eigenvalue weighted by Gasteiger charge is 2.20. The number of nitrogens with zero attached hydrogens (tertiary/aromatic N) is 2. The van der Waals surface area contributed by atoms with Crippen LogP contribution in [0.15, 0.2) is 24.4 Å². The summed E-state index contributed by atoms with van der Waals surface area (Å²) in [6.45, 7) is 1.88. The topological polar surface area (TPSA) is 99.8 Å². The summed E-state index contributed by atoms with van der Waals surface area (Å²) in [5.41, 5.74) is 2.98. The Kier molecular flexibility index (Phi) is 2.94. The van der Waals surface area contributed by atoms with Crippen LogP contribution in [0.25, 0.3) is 0 Å². The highest BCUT2D eigenvalue weighted by Crippen LogP contribution is 2.26. The van der Waals surface area contributed by atoms with E-state index in [1.165, 1.54) is 6.20 Å². The zero-order valence-corrected chi connectivity index (χ0v) is 10.8. The van der Waals surface area contributed by atoms with Crippen LogP contribution >= 0.6 is 0 Å². The first-order chi connectivity index (χ1) is 9.63. The lowest BCUT2D eigenvalue weighted by molar-refractivity contribution is -0.115.